The molecule has 136 valence electrons. The zero-order valence-electron chi connectivity index (χ0n) is 15.6. The van der Waals surface area contributed by atoms with Crippen molar-refractivity contribution in [1.29, 1.82) is 0 Å². The molecule has 1 aromatic rings. The summed E-state index contributed by atoms with van der Waals surface area (Å²) in [6, 6.07) is 8.99. The van der Waals surface area contributed by atoms with E-state index in [-0.39, 0.29) is 36.5 Å². The maximum atomic E-state index is 10.1. The summed E-state index contributed by atoms with van der Waals surface area (Å²) in [6.45, 7) is 9.66. The molecule has 1 aromatic carbocycles. The maximum Gasteiger partial charge on any atom is 0.494 e. The van der Waals surface area contributed by atoms with Crippen molar-refractivity contribution >= 4 is 18.3 Å². The van der Waals surface area contributed by atoms with E-state index in [0.717, 1.165) is 18.3 Å². The average molecular weight is 345 g/mol. The lowest BCUT2D eigenvalue weighted by Gasteiger charge is -2.48. The van der Waals surface area contributed by atoms with Gasteiger partial charge >= 0.3 is 7.12 Å². The third-order valence-corrected chi connectivity index (χ3v) is 6.21. The molecule has 4 rings (SSSR count). The predicted octanol–water partition coefficient (Wildman–Crippen LogP) is 1.71. The van der Waals surface area contributed by atoms with Crippen LogP contribution in [0, 0.1) is 0 Å². The number of aliphatic hydroxyl groups is 1. The second-order valence-electron chi connectivity index (χ2n) is 8.56. The average Bonchev–Trinajstić information content (AvgIpc) is 2.75. The van der Waals surface area contributed by atoms with E-state index in [2.05, 4.69) is 56.9 Å². The number of fused-ring (bicyclic) bond motifs is 2. The van der Waals surface area contributed by atoms with E-state index in [1.165, 1.54) is 5.69 Å². The van der Waals surface area contributed by atoms with Crippen LogP contribution in [0.3, 0.4) is 0 Å². The highest BCUT2D eigenvalue weighted by Crippen LogP contribution is 2.37. The molecular formula is C19H28BNO4. The van der Waals surface area contributed by atoms with Gasteiger partial charge in [0.05, 0.1) is 42.6 Å². The molecular weight excluding hydrogens is 317 g/mol. The van der Waals surface area contributed by atoms with Gasteiger partial charge in [0, 0.05) is 5.69 Å². The van der Waals surface area contributed by atoms with E-state index in [0.29, 0.717) is 13.2 Å². The van der Waals surface area contributed by atoms with Gasteiger partial charge in [-0.25, -0.2) is 0 Å². The van der Waals surface area contributed by atoms with Crippen molar-refractivity contribution in [3.8, 4) is 0 Å². The first-order valence-corrected chi connectivity index (χ1v) is 9.26. The Labute approximate surface area is 150 Å². The lowest BCUT2D eigenvalue weighted by molar-refractivity contribution is 0.00124. The van der Waals surface area contributed by atoms with Crippen LogP contribution in [0.1, 0.15) is 40.5 Å². The monoisotopic (exact) mass is 345 g/mol. The molecule has 3 aliphatic rings. The number of anilines is 1. The highest BCUT2D eigenvalue weighted by atomic mass is 16.7. The standard InChI is InChI=1S/C19H28BNO4/c1-18(2)19(3,4)25-20(24-18)13-5-7-14(8-6-13)21-15-9-17(22)10-16(21)12-23-11-15/h5-8,15-17,22H,9-12H2,1-4H3. The van der Waals surface area contributed by atoms with E-state index < -0.39 is 0 Å². The third kappa shape index (κ3) is 2.99. The van der Waals surface area contributed by atoms with Crippen LogP contribution in [0.4, 0.5) is 5.69 Å². The van der Waals surface area contributed by atoms with E-state index >= 15 is 0 Å². The number of nitrogens with zero attached hydrogens (tertiary/aromatic N) is 1. The van der Waals surface area contributed by atoms with Crippen LogP contribution in [0.15, 0.2) is 24.3 Å². The highest BCUT2D eigenvalue weighted by molar-refractivity contribution is 6.62. The van der Waals surface area contributed by atoms with Crippen molar-refractivity contribution in [2.45, 2.75) is 69.9 Å². The Bertz CT molecular complexity index is 603. The minimum atomic E-state index is -0.329. The molecule has 5 nitrogen and oxygen atoms in total. The van der Waals surface area contributed by atoms with Gasteiger partial charge in [-0.1, -0.05) is 12.1 Å². The van der Waals surface area contributed by atoms with Crippen LogP contribution >= 0.6 is 0 Å². The van der Waals surface area contributed by atoms with Gasteiger partial charge in [0.2, 0.25) is 0 Å². The summed E-state index contributed by atoms with van der Waals surface area (Å²) in [4.78, 5) is 2.42. The molecule has 2 unspecified atom stereocenters. The summed E-state index contributed by atoms with van der Waals surface area (Å²) in [5, 5.41) is 10.1. The van der Waals surface area contributed by atoms with Crippen molar-refractivity contribution in [1.82, 2.24) is 0 Å². The topological polar surface area (TPSA) is 51.2 Å². The van der Waals surface area contributed by atoms with Crippen molar-refractivity contribution in [2.75, 3.05) is 18.1 Å². The zero-order chi connectivity index (χ0) is 17.8. The molecule has 0 amide bonds. The fourth-order valence-electron chi connectivity index (χ4n) is 4.09. The molecule has 1 N–H and O–H groups in total. The van der Waals surface area contributed by atoms with Crippen LogP contribution in [-0.4, -0.2) is 54.8 Å². The van der Waals surface area contributed by atoms with Crippen LogP contribution in [0.5, 0.6) is 0 Å². The molecule has 25 heavy (non-hydrogen) atoms. The number of aliphatic hydroxyl groups excluding tert-OH is 1. The van der Waals surface area contributed by atoms with Crippen molar-refractivity contribution in [2.24, 2.45) is 0 Å². The van der Waals surface area contributed by atoms with E-state index in [4.69, 9.17) is 14.0 Å². The zero-order valence-corrected chi connectivity index (χ0v) is 15.6. The van der Waals surface area contributed by atoms with Crippen LogP contribution in [-0.2, 0) is 14.0 Å². The largest absolute Gasteiger partial charge is 0.494 e. The third-order valence-electron chi connectivity index (χ3n) is 6.21. The van der Waals surface area contributed by atoms with E-state index in [9.17, 15) is 5.11 Å². The van der Waals surface area contributed by atoms with Gasteiger partial charge < -0.3 is 24.1 Å². The fraction of sp³-hybridized carbons (Fsp3) is 0.684. The highest BCUT2D eigenvalue weighted by Gasteiger charge is 2.51. The maximum absolute atomic E-state index is 10.1. The second-order valence-corrected chi connectivity index (χ2v) is 8.56. The van der Waals surface area contributed by atoms with Gasteiger partial charge in [0.1, 0.15) is 0 Å². The van der Waals surface area contributed by atoms with Crippen LogP contribution < -0.4 is 10.4 Å². The van der Waals surface area contributed by atoms with Crippen molar-refractivity contribution in [3.05, 3.63) is 24.3 Å². The second kappa shape index (κ2) is 5.98. The van der Waals surface area contributed by atoms with Crippen molar-refractivity contribution in [3.63, 3.8) is 0 Å². The first-order chi connectivity index (χ1) is 11.8. The summed E-state index contributed by atoms with van der Waals surface area (Å²) in [6.07, 6.45) is 1.34. The molecule has 3 fully saturated rings. The number of hydrogen-bond donors (Lipinski definition) is 1. The Morgan fingerprint density at radius 1 is 0.960 bits per heavy atom. The van der Waals surface area contributed by atoms with Gasteiger partial charge in [-0.2, -0.15) is 0 Å². The molecule has 0 aliphatic carbocycles. The number of benzene rings is 1. The van der Waals surface area contributed by atoms with Gasteiger partial charge in [-0.05, 0) is 58.1 Å². The minimum absolute atomic E-state index is 0.209. The Kier molecular flexibility index (Phi) is 4.15. The summed E-state index contributed by atoms with van der Waals surface area (Å²) < 4.78 is 18.0. The van der Waals surface area contributed by atoms with Gasteiger partial charge in [0.25, 0.3) is 0 Å². The normalized spacial score (nSPS) is 33.6. The fourth-order valence-corrected chi connectivity index (χ4v) is 4.09. The Morgan fingerprint density at radius 2 is 1.48 bits per heavy atom. The lowest BCUT2D eigenvalue weighted by Crippen LogP contribution is -2.58. The van der Waals surface area contributed by atoms with Gasteiger partial charge in [0.15, 0.2) is 0 Å². The molecule has 0 spiro atoms. The molecule has 3 aliphatic heterocycles. The first-order valence-electron chi connectivity index (χ1n) is 9.26. The minimum Gasteiger partial charge on any atom is -0.399 e. The molecule has 2 atom stereocenters. The number of hydrogen-bond acceptors (Lipinski definition) is 5. The number of morpholine rings is 1. The van der Waals surface area contributed by atoms with Gasteiger partial charge in [-0.15, -0.1) is 0 Å². The molecule has 0 saturated carbocycles. The summed E-state index contributed by atoms with van der Waals surface area (Å²) >= 11 is 0. The van der Waals surface area contributed by atoms with Crippen LogP contribution in [0.2, 0.25) is 0 Å². The lowest BCUT2D eigenvalue weighted by atomic mass is 9.79. The molecule has 0 aromatic heterocycles. The molecule has 6 heteroatoms. The SMILES string of the molecule is CC1(C)OB(c2ccc(N3C4COCC3CC(O)C4)cc2)OC1(C)C. The smallest absolute Gasteiger partial charge is 0.399 e. The van der Waals surface area contributed by atoms with Gasteiger partial charge in [-0.3, -0.25) is 0 Å². The first kappa shape index (κ1) is 17.3. The molecule has 3 heterocycles. The summed E-state index contributed by atoms with van der Waals surface area (Å²) in [5.41, 5.74) is 1.58. The number of rotatable bonds is 2. The summed E-state index contributed by atoms with van der Waals surface area (Å²) in [7, 11) is -0.329. The predicted molar refractivity (Wildman–Crippen MR) is 98.3 cm³/mol. The Morgan fingerprint density at radius 3 is 2.00 bits per heavy atom. The molecule has 0 radical (unpaired) electrons. The number of piperidine rings is 1. The molecule has 2 bridgehead atoms. The molecule has 3 saturated heterocycles. The number of ether oxygens (including phenoxy) is 1. The van der Waals surface area contributed by atoms with Crippen molar-refractivity contribution < 1.29 is 19.2 Å². The Hall–Kier alpha value is -1.08. The van der Waals surface area contributed by atoms with E-state index in [1.54, 1.807) is 0 Å². The Balaban J connectivity index is 1.53. The quantitative estimate of drug-likeness (QED) is 0.827. The van der Waals surface area contributed by atoms with E-state index in [1.807, 2.05) is 0 Å². The van der Waals surface area contributed by atoms with Crippen LogP contribution in [0.25, 0.3) is 0 Å². The summed E-state index contributed by atoms with van der Waals surface area (Å²) in [5.74, 6) is 0.